The molecule has 0 saturated carbocycles. The van der Waals surface area contributed by atoms with E-state index >= 15 is 0 Å². The topological polar surface area (TPSA) is 43.1 Å². The fraction of sp³-hybridized carbons (Fsp3) is 0.833. The summed E-state index contributed by atoms with van der Waals surface area (Å²) in [6.45, 7) is 2.26. The number of rotatable bonds is 15. The number of hydrogen-bond donors (Lipinski definition) is 1. The van der Waals surface area contributed by atoms with E-state index in [2.05, 4.69) is 19.1 Å². The van der Waals surface area contributed by atoms with Gasteiger partial charge in [0.2, 0.25) is 5.91 Å². The maximum atomic E-state index is 10.5. The van der Waals surface area contributed by atoms with Gasteiger partial charge < -0.3 is 5.73 Å². The molecular formula is C18H39ClInNO. The van der Waals surface area contributed by atoms with Crippen molar-refractivity contribution in [2.75, 3.05) is 0 Å². The van der Waals surface area contributed by atoms with E-state index in [-0.39, 0.29) is 44.2 Å². The van der Waals surface area contributed by atoms with Gasteiger partial charge in [0, 0.05) is 6.42 Å². The Kier molecular flexibility index (Phi) is 29.2. The van der Waals surface area contributed by atoms with Gasteiger partial charge in [-0.25, -0.2) is 0 Å². The quantitative estimate of drug-likeness (QED) is 0.293. The van der Waals surface area contributed by atoms with Gasteiger partial charge in [-0.2, -0.15) is 0 Å². The van der Waals surface area contributed by atoms with Crippen LogP contribution in [0.5, 0.6) is 0 Å². The molecule has 1 amide bonds. The first kappa shape index (κ1) is 27.2. The maximum absolute atomic E-state index is 10.5. The van der Waals surface area contributed by atoms with E-state index in [9.17, 15) is 4.79 Å². The molecule has 0 heterocycles. The van der Waals surface area contributed by atoms with Crippen molar-refractivity contribution in [3.05, 3.63) is 12.2 Å². The second-order valence-electron chi connectivity index (χ2n) is 5.80. The van der Waals surface area contributed by atoms with Crippen LogP contribution >= 0.6 is 12.4 Å². The predicted octanol–water partition coefficient (Wildman–Crippen LogP) is 4.75. The number of primary amides is 1. The molecule has 2 nitrogen and oxygen atoms in total. The van der Waals surface area contributed by atoms with Crippen LogP contribution in [0.2, 0.25) is 0 Å². The molecule has 132 valence electrons. The molecule has 0 rings (SSSR count). The van der Waals surface area contributed by atoms with E-state index in [0.717, 1.165) is 12.8 Å². The molecule has 0 fully saturated rings. The van der Waals surface area contributed by atoms with Crippen molar-refractivity contribution in [2.24, 2.45) is 5.73 Å². The van der Waals surface area contributed by atoms with Gasteiger partial charge in [0.15, 0.2) is 0 Å². The summed E-state index contributed by atoms with van der Waals surface area (Å²) in [5, 5.41) is 0. The summed E-state index contributed by atoms with van der Waals surface area (Å²) in [4.78, 5) is 10.5. The molecule has 0 saturated heterocycles. The SMILES string of the molecule is CCCCCCCC/C=C\CCCCCCCC(N)=O.Cl.[InH3]. The third-order valence-corrected chi connectivity index (χ3v) is 3.68. The molecule has 0 aromatic heterocycles. The summed E-state index contributed by atoms with van der Waals surface area (Å²) < 4.78 is 0. The zero-order valence-electron chi connectivity index (χ0n) is 13.9. The first-order chi connectivity index (χ1) is 9.77. The number of nitrogens with two attached hydrogens (primary N) is 1. The predicted molar refractivity (Wildman–Crippen MR) is 106 cm³/mol. The molecule has 0 aromatic carbocycles. The normalized spacial score (nSPS) is 10.2. The fourth-order valence-electron chi connectivity index (χ4n) is 2.37. The second kappa shape index (κ2) is 23.6. The van der Waals surface area contributed by atoms with E-state index < -0.39 is 0 Å². The summed E-state index contributed by atoms with van der Waals surface area (Å²) in [6, 6.07) is 0. The van der Waals surface area contributed by atoms with Crippen LogP contribution in [-0.2, 0) is 4.79 Å². The first-order valence-electron chi connectivity index (χ1n) is 8.70. The molecular weight excluding hydrogens is 396 g/mol. The molecule has 0 spiro atoms. The minimum absolute atomic E-state index is 0. The molecule has 0 unspecified atom stereocenters. The van der Waals surface area contributed by atoms with Crippen molar-refractivity contribution in [2.45, 2.75) is 96.8 Å². The van der Waals surface area contributed by atoms with Gasteiger partial charge in [0.25, 0.3) is 0 Å². The van der Waals surface area contributed by atoms with Gasteiger partial charge >= 0.3 is 25.8 Å². The van der Waals surface area contributed by atoms with Crippen LogP contribution in [0.1, 0.15) is 96.8 Å². The zero-order valence-corrected chi connectivity index (χ0v) is 14.8. The number of carbonyl (C=O) groups is 1. The summed E-state index contributed by atoms with van der Waals surface area (Å²) in [5.74, 6) is -0.164. The fourth-order valence-corrected chi connectivity index (χ4v) is 2.37. The van der Waals surface area contributed by atoms with E-state index in [1.165, 1.54) is 70.6 Å². The van der Waals surface area contributed by atoms with Crippen LogP contribution in [0.4, 0.5) is 0 Å². The van der Waals surface area contributed by atoms with Crippen LogP contribution < -0.4 is 5.73 Å². The van der Waals surface area contributed by atoms with Crippen LogP contribution in [-0.4, -0.2) is 31.8 Å². The van der Waals surface area contributed by atoms with Crippen molar-refractivity contribution in [1.82, 2.24) is 0 Å². The van der Waals surface area contributed by atoms with Crippen LogP contribution in [0.15, 0.2) is 12.2 Å². The van der Waals surface area contributed by atoms with Crippen LogP contribution in [0.25, 0.3) is 0 Å². The average Bonchev–Trinajstić information content (AvgIpc) is 2.43. The van der Waals surface area contributed by atoms with Gasteiger partial charge in [0.1, 0.15) is 0 Å². The Labute approximate surface area is 163 Å². The summed E-state index contributed by atoms with van der Waals surface area (Å²) in [6.07, 6.45) is 21.9. The molecule has 0 aromatic rings. The molecule has 0 radical (unpaired) electrons. The molecule has 0 bridgehead atoms. The van der Waals surface area contributed by atoms with Gasteiger partial charge in [-0.3, -0.25) is 4.79 Å². The number of carbonyl (C=O) groups excluding carboxylic acids is 1. The molecule has 22 heavy (non-hydrogen) atoms. The number of halogens is 1. The molecule has 0 atom stereocenters. The number of amides is 1. The van der Waals surface area contributed by atoms with E-state index in [1.807, 2.05) is 0 Å². The zero-order chi connectivity index (χ0) is 14.9. The summed E-state index contributed by atoms with van der Waals surface area (Å²) in [7, 11) is 0. The Morgan fingerprint density at radius 2 is 1.18 bits per heavy atom. The van der Waals surface area contributed by atoms with E-state index in [4.69, 9.17) is 5.73 Å². The van der Waals surface area contributed by atoms with Gasteiger partial charge in [-0.1, -0.05) is 70.4 Å². The number of unbranched alkanes of at least 4 members (excludes halogenated alkanes) is 11. The molecule has 2 N–H and O–H groups in total. The van der Waals surface area contributed by atoms with Crippen molar-refractivity contribution in [3.63, 3.8) is 0 Å². The van der Waals surface area contributed by atoms with E-state index in [0.29, 0.717) is 6.42 Å². The Morgan fingerprint density at radius 1 is 0.773 bits per heavy atom. The molecule has 0 aliphatic carbocycles. The molecule has 0 aliphatic rings. The Hall–Kier alpha value is 0.370. The standard InChI is InChI=1S/C18H35NO.ClH.In.3H/c1-2-3-4-5-6-7-8-9-10-11-12-13-14-15-16-17-18(19)20;;;;;/h9-10H,2-8,11-17H2,1H3,(H2,19,20);1H;;;;/b10-9-;;;;;. The monoisotopic (exact) mass is 435 g/mol. The van der Waals surface area contributed by atoms with Crippen LogP contribution in [0, 0.1) is 0 Å². The van der Waals surface area contributed by atoms with Gasteiger partial charge in [0.05, 0.1) is 0 Å². The van der Waals surface area contributed by atoms with Crippen molar-refractivity contribution in [3.8, 4) is 0 Å². The Bertz CT molecular complexity index is 247. The van der Waals surface area contributed by atoms with Crippen LogP contribution in [0.3, 0.4) is 0 Å². The van der Waals surface area contributed by atoms with Crippen molar-refractivity contribution in [1.29, 1.82) is 0 Å². The first-order valence-corrected chi connectivity index (χ1v) is 8.70. The van der Waals surface area contributed by atoms with E-state index in [1.54, 1.807) is 0 Å². The Morgan fingerprint density at radius 3 is 1.64 bits per heavy atom. The molecule has 4 heteroatoms. The second-order valence-corrected chi connectivity index (χ2v) is 5.80. The van der Waals surface area contributed by atoms with Gasteiger partial charge in [-0.05, 0) is 32.1 Å². The number of allylic oxidation sites excluding steroid dienone is 2. The number of hydrogen-bond acceptors (Lipinski definition) is 1. The third kappa shape index (κ3) is 25.3. The summed E-state index contributed by atoms with van der Waals surface area (Å²) >= 11 is 0. The Balaban J connectivity index is -0.00000180. The van der Waals surface area contributed by atoms with Crippen molar-refractivity contribution >= 4 is 44.2 Å². The van der Waals surface area contributed by atoms with Crippen molar-refractivity contribution < 1.29 is 4.79 Å². The minimum atomic E-state index is -0.164. The van der Waals surface area contributed by atoms with Gasteiger partial charge in [-0.15, -0.1) is 12.4 Å². The summed E-state index contributed by atoms with van der Waals surface area (Å²) in [5.41, 5.74) is 5.10. The molecule has 0 aliphatic heterocycles. The average molecular weight is 436 g/mol. The third-order valence-electron chi connectivity index (χ3n) is 3.68.